The molecular weight excluding hydrogens is 194 g/mol. The highest BCUT2D eigenvalue weighted by Gasteiger charge is 2.54. The van der Waals surface area contributed by atoms with Crippen LogP contribution in [0.5, 0.6) is 0 Å². The first-order valence-electron chi connectivity index (χ1n) is 5.45. The number of likely N-dealkylation sites (tertiary alicyclic amines) is 1. The Morgan fingerprint density at radius 2 is 2.13 bits per heavy atom. The number of nitrogens with zero attached hydrogens (tertiary/aromatic N) is 1. The van der Waals surface area contributed by atoms with E-state index in [0.29, 0.717) is 6.54 Å². The molecule has 15 heavy (non-hydrogen) atoms. The zero-order valence-electron chi connectivity index (χ0n) is 9.87. The summed E-state index contributed by atoms with van der Waals surface area (Å²) in [6.45, 7) is 9.17. The maximum atomic E-state index is 11.8. The van der Waals surface area contributed by atoms with Crippen molar-refractivity contribution in [2.45, 2.75) is 51.4 Å². The summed E-state index contributed by atoms with van der Waals surface area (Å²) < 4.78 is 10.7. The Morgan fingerprint density at radius 3 is 2.53 bits per heavy atom. The molecule has 0 aromatic carbocycles. The molecule has 2 aliphatic heterocycles. The molecule has 2 fully saturated rings. The van der Waals surface area contributed by atoms with Crippen LogP contribution in [0.3, 0.4) is 0 Å². The van der Waals surface area contributed by atoms with Crippen molar-refractivity contribution in [1.29, 1.82) is 0 Å². The molecule has 0 aliphatic carbocycles. The van der Waals surface area contributed by atoms with Crippen molar-refractivity contribution in [2.75, 3.05) is 13.2 Å². The van der Waals surface area contributed by atoms with Gasteiger partial charge in [-0.15, -0.1) is 0 Å². The summed E-state index contributed by atoms with van der Waals surface area (Å²) in [6, 6.07) is 0.224. The normalized spacial score (nSPS) is 34.7. The number of carbonyl (C=O) groups excluding carboxylic acids is 1. The van der Waals surface area contributed by atoms with Crippen LogP contribution in [0.4, 0.5) is 4.79 Å². The molecule has 2 unspecified atom stereocenters. The lowest BCUT2D eigenvalue weighted by molar-refractivity contribution is 0.0230. The second-order valence-corrected chi connectivity index (χ2v) is 5.63. The summed E-state index contributed by atoms with van der Waals surface area (Å²) in [4.78, 5) is 13.6. The van der Waals surface area contributed by atoms with Crippen molar-refractivity contribution in [3.63, 3.8) is 0 Å². The third-order valence-electron chi connectivity index (χ3n) is 2.84. The fourth-order valence-corrected chi connectivity index (χ4v) is 2.06. The van der Waals surface area contributed by atoms with E-state index in [1.54, 1.807) is 4.90 Å². The minimum absolute atomic E-state index is 0.0314. The van der Waals surface area contributed by atoms with Crippen LogP contribution < -0.4 is 0 Å². The van der Waals surface area contributed by atoms with Gasteiger partial charge in [0.05, 0.1) is 13.2 Å². The Hall–Kier alpha value is -0.770. The Bertz CT molecular complexity index is 278. The predicted octanol–water partition coefficient (Wildman–Crippen LogP) is 1.78. The minimum atomic E-state index is -0.420. The van der Waals surface area contributed by atoms with E-state index in [-0.39, 0.29) is 17.7 Å². The van der Waals surface area contributed by atoms with E-state index >= 15 is 0 Å². The molecule has 1 spiro atoms. The van der Waals surface area contributed by atoms with Gasteiger partial charge < -0.3 is 14.4 Å². The number of amides is 1. The zero-order valence-corrected chi connectivity index (χ0v) is 9.87. The topological polar surface area (TPSA) is 42.1 Å². The second kappa shape index (κ2) is 3.11. The van der Waals surface area contributed by atoms with Crippen LogP contribution in [0, 0.1) is 0 Å². The van der Waals surface area contributed by atoms with Crippen LogP contribution in [0.2, 0.25) is 0 Å². The largest absolute Gasteiger partial charge is 0.444 e. The van der Waals surface area contributed by atoms with E-state index in [1.807, 2.05) is 27.7 Å². The van der Waals surface area contributed by atoms with Crippen molar-refractivity contribution < 1.29 is 14.3 Å². The lowest BCUT2D eigenvalue weighted by atomic mass is 10.1. The Kier molecular flexibility index (Phi) is 2.23. The fraction of sp³-hybridized carbons (Fsp3) is 0.909. The number of carbonyl (C=O) groups is 1. The molecular formula is C11H19NO3. The average Bonchev–Trinajstić information content (AvgIpc) is 2.67. The van der Waals surface area contributed by atoms with Gasteiger partial charge in [-0.05, 0) is 27.7 Å². The lowest BCUT2D eigenvalue weighted by Gasteiger charge is -2.26. The third kappa shape index (κ3) is 2.25. The number of hydrogen-bond donors (Lipinski definition) is 0. The van der Waals surface area contributed by atoms with Gasteiger partial charge in [-0.2, -0.15) is 0 Å². The van der Waals surface area contributed by atoms with E-state index in [9.17, 15) is 4.79 Å². The molecule has 4 heteroatoms. The van der Waals surface area contributed by atoms with Crippen LogP contribution in [-0.2, 0) is 9.47 Å². The van der Waals surface area contributed by atoms with E-state index in [2.05, 4.69) is 0 Å². The highest BCUT2D eigenvalue weighted by Crippen LogP contribution is 2.40. The van der Waals surface area contributed by atoms with Crippen molar-refractivity contribution in [3.8, 4) is 0 Å². The van der Waals surface area contributed by atoms with Crippen LogP contribution in [-0.4, -0.2) is 41.4 Å². The van der Waals surface area contributed by atoms with Gasteiger partial charge in [0, 0.05) is 12.5 Å². The number of ether oxygens (including phenoxy) is 2. The van der Waals surface area contributed by atoms with E-state index in [0.717, 1.165) is 13.0 Å². The monoisotopic (exact) mass is 213 g/mol. The van der Waals surface area contributed by atoms with E-state index in [4.69, 9.17) is 9.47 Å². The van der Waals surface area contributed by atoms with Crippen molar-refractivity contribution in [3.05, 3.63) is 0 Å². The molecule has 2 saturated heterocycles. The predicted molar refractivity (Wildman–Crippen MR) is 55.7 cm³/mol. The SMILES string of the molecule is CC1CC2(CO2)CN1C(=O)OC(C)(C)C. The van der Waals surface area contributed by atoms with Gasteiger partial charge in [0.15, 0.2) is 0 Å². The molecule has 2 heterocycles. The highest BCUT2D eigenvalue weighted by molar-refractivity contribution is 5.69. The summed E-state index contributed by atoms with van der Waals surface area (Å²) in [6.07, 6.45) is 0.717. The number of hydrogen-bond acceptors (Lipinski definition) is 3. The molecule has 2 aliphatic rings. The maximum absolute atomic E-state index is 11.8. The molecule has 0 N–H and O–H groups in total. The molecule has 2 rings (SSSR count). The molecule has 4 nitrogen and oxygen atoms in total. The van der Waals surface area contributed by atoms with Gasteiger partial charge in [-0.1, -0.05) is 0 Å². The van der Waals surface area contributed by atoms with E-state index in [1.165, 1.54) is 0 Å². The van der Waals surface area contributed by atoms with E-state index < -0.39 is 5.60 Å². The molecule has 2 atom stereocenters. The fourth-order valence-electron chi connectivity index (χ4n) is 2.06. The minimum Gasteiger partial charge on any atom is -0.444 e. The first-order valence-corrected chi connectivity index (χ1v) is 5.45. The van der Waals surface area contributed by atoms with Gasteiger partial charge >= 0.3 is 6.09 Å². The Morgan fingerprint density at radius 1 is 1.53 bits per heavy atom. The van der Waals surface area contributed by atoms with Crippen LogP contribution in [0.1, 0.15) is 34.1 Å². The summed E-state index contributed by atoms with van der Waals surface area (Å²) in [5, 5.41) is 0. The number of epoxide rings is 1. The van der Waals surface area contributed by atoms with Crippen LogP contribution in [0.25, 0.3) is 0 Å². The zero-order chi connectivity index (χ0) is 11.3. The second-order valence-electron chi connectivity index (χ2n) is 5.63. The molecule has 0 aromatic rings. The molecule has 0 aromatic heterocycles. The quantitative estimate of drug-likeness (QED) is 0.576. The first-order chi connectivity index (χ1) is 6.81. The lowest BCUT2D eigenvalue weighted by Crippen LogP contribution is -2.39. The molecule has 86 valence electrons. The van der Waals surface area contributed by atoms with Crippen molar-refractivity contribution >= 4 is 6.09 Å². The number of rotatable bonds is 0. The smallest absolute Gasteiger partial charge is 0.410 e. The summed E-state index contributed by atoms with van der Waals surface area (Å²) in [7, 11) is 0. The van der Waals surface area contributed by atoms with Gasteiger partial charge in [-0.25, -0.2) is 4.79 Å². The maximum Gasteiger partial charge on any atom is 0.410 e. The molecule has 1 amide bonds. The van der Waals surface area contributed by atoms with Crippen LogP contribution >= 0.6 is 0 Å². The van der Waals surface area contributed by atoms with Gasteiger partial charge in [0.25, 0.3) is 0 Å². The molecule has 0 bridgehead atoms. The van der Waals surface area contributed by atoms with Gasteiger partial charge in [-0.3, -0.25) is 0 Å². The van der Waals surface area contributed by atoms with Crippen LogP contribution in [0.15, 0.2) is 0 Å². The Labute approximate surface area is 90.5 Å². The van der Waals surface area contributed by atoms with Gasteiger partial charge in [0.1, 0.15) is 11.2 Å². The van der Waals surface area contributed by atoms with Gasteiger partial charge in [0.2, 0.25) is 0 Å². The first kappa shape index (κ1) is 10.7. The third-order valence-corrected chi connectivity index (χ3v) is 2.84. The standard InChI is InChI=1S/C11H19NO3/c1-8-5-11(7-14-11)6-12(8)9(13)15-10(2,3)4/h8H,5-7H2,1-4H3. The Balaban J connectivity index is 1.96. The highest BCUT2D eigenvalue weighted by atomic mass is 16.6. The average molecular weight is 213 g/mol. The summed E-state index contributed by atoms with van der Waals surface area (Å²) in [5.74, 6) is 0. The van der Waals surface area contributed by atoms with Crippen molar-refractivity contribution in [2.24, 2.45) is 0 Å². The summed E-state index contributed by atoms with van der Waals surface area (Å²) >= 11 is 0. The molecule has 0 radical (unpaired) electrons. The summed E-state index contributed by atoms with van der Waals surface area (Å²) in [5.41, 5.74) is -0.451. The molecule has 0 saturated carbocycles. The van der Waals surface area contributed by atoms with Crippen molar-refractivity contribution in [1.82, 2.24) is 4.90 Å².